The number of anilines is 1. The fourth-order valence-corrected chi connectivity index (χ4v) is 4.16. The molecule has 0 unspecified atom stereocenters. The zero-order chi connectivity index (χ0) is 18.6. The molecule has 2 aromatic carbocycles. The molecule has 2 heterocycles. The molecule has 0 saturated carbocycles. The van der Waals surface area contributed by atoms with Gasteiger partial charge in [0.05, 0.1) is 18.5 Å². The van der Waals surface area contributed by atoms with Crippen LogP contribution in [0.4, 0.5) is 10.1 Å². The summed E-state index contributed by atoms with van der Waals surface area (Å²) >= 11 is 1.66. The normalized spacial score (nSPS) is 15.1. The Morgan fingerprint density at radius 3 is 2.67 bits per heavy atom. The van der Waals surface area contributed by atoms with Crippen LogP contribution in [0.1, 0.15) is 5.69 Å². The van der Waals surface area contributed by atoms with Crippen molar-refractivity contribution in [2.24, 2.45) is 0 Å². The zero-order valence-electron chi connectivity index (χ0n) is 15.3. The molecule has 0 N–H and O–H groups in total. The quantitative estimate of drug-likeness (QED) is 0.658. The number of rotatable bonds is 5. The van der Waals surface area contributed by atoms with Gasteiger partial charge < -0.3 is 9.64 Å². The number of methoxy groups -OCH3 is 1. The lowest BCUT2D eigenvalue weighted by Crippen LogP contribution is -2.46. The van der Waals surface area contributed by atoms with Crippen LogP contribution in [0, 0.1) is 5.82 Å². The number of hydrogen-bond acceptors (Lipinski definition) is 5. The van der Waals surface area contributed by atoms with E-state index in [-0.39, 0.29) is 5.82 Å². The number of nitrogens with zero attached hydrogens (tertiary/aromatic N) is 3. The van der Waals surface area contributed by atoms with Gasteiger partial charge in [-0.05, 0) is 24.3 Å². The van der Waals surface area contributed by atoms with E-state index in [4.69, 9.17) is 9.72 Å². The van der Waals surface area contributed by atoms with E-state index in [1.54, 1.807) is 24.5 Å². The molecule has 0 amide bonds. The topological polar surface area (TPSA) is 28.6 Å². The van der Waals surface area contributed by atoms with Gasteiger partial charge in [-0.3, -0.25) is 4.90 Å². The molecule has 1 aliphatic heterocycles. The van der Waals surface area contributed by atoms with Crippen molar-refractivity contribution in [3.05, 3.63) is 65.4 Å². The first kappa shape index (κ1) is 17.9. The molecule has 1 fully saturated rings. The first-order chi connectivity index (χ1) is 13.2. The Kier molecular flexibility index (Phi) is 5.36. The smallest absolute Gasteiger partial charge is 0.146 e. The number of para-hydroxylation sites is 1. The number of benzene rings is 2. The minimum absolute atomic E-state index is 0.145. The van der Waals surface area contributed by atoms with Crippen molar-refractivity contribution in [1.29, 1.82) is 0 Å². The van der Waals surface area contributed by atoms with Gasteiger partial charge in [0, 0.05) is 43.7 Å². The van der Waals surface area contributed by atoms with E-state index < -0.39 is 0 Å². The van der Waals surface area contributed by atoms with Crippen LogP contribution in [0.25, 0.3) is 10.6 Å². The van der Waals surface area contributed by atoms with Gasteiger partial charge >= 0.3 is 0 Å². The summed E-state index contributed by atoms with van der Waals surface area (Å²) in [7, 11) is 1.67. The van der Waals surface area contributed by atoms with E-state index >= 15 is 0 Å². The third-order valence-electron chi connectivity index (χ3n) is 4.82. The van der Waals surface area contributed by atoms with Gasteiger partial charge in [-0.25, -0.2) is 9.37 Å². The average Bonchev–Trinajstić information content (AvgIpc) is 3.18. The van der Waals surface area contributed by atoms with Crippen molar-refractivity contribution in [3.63, 3.8) is 0 Å². The highest BCUT2D eigenvalue weighted by molar-refractivity contribution is 7.13. The maximum atomic E-state index is 14.0. The summed E-state index contributed by atoms with van der Waals surface area (Å²) in [6.07, 6.45) is 0. The van der Waals surface area contributed by atoms with Crippen molar-refractivity contribution < 1.29 is 9.13 Å². The molecule has 0 radical (unpaired) electrons. The molecule has 27 heavy (non-hydrogen) atoms. The summed E-state index contributed by atoms with van der Waals surface area (Å²) in [5.41, 5.74) is 2.86. The molecule has 1 saturated heterocycles. The Balaban J connectivity index is 1.37. The Morgan fingerprint density at radius 2 is 1.89 bits per heavy atom. The predicted octanol–water partition coefficient (Wildman–Crippen LogP) is 4.28. The maximum Gasteiger partial charge on any atom is 0.146 e. The fourth-order valence-electron chi connectivity index (χ4n) is 3.35. The SMILES string of the molecule is COc1cccc(-c2nc(CN3CCN(c4ccccc4F)CC3)cs2)c1. The van der Waals surface area contributed by atoms with Gasteiger partial charge in [0.2, 0.25) is 0 Å². The van der Waals surface area contributed by atoms with Gasteiger partial charge in [-0.15, -0.1) is 11.3 Å². The third kappa shape index (κ3) is 4.12. The summed E-state index contributed by atoms with van der Waals surface area (Å²) in [5.74, 6) is 0.696. The second-order valence-electron chi connectivity index (χ2n) is 6.59. The van der Waals surface area contributed by atoms with E-state index in [1.807, 2.05) is 30.3 Å². The minimum Gasteiger partial charge on any atom is -0.497 e. The molecular formula is C21H22FN3OS. The molecular weight excluding hydrogens is 361 g/mol. The molecule has 4 nitrogen and oxygen atoms in total. The summed E-state index contributed by atoms with van der Waals surface area (Å²) < 4.78 is 19.3. The van der Waals surface area contributed by atoms with E-state index in [2.05, 4.69) is 21.2 Å². The lowest BCUT2D eigenvalue weighted by atomic mass is 10.2. The lowest BCUT2D eigenvalue weighted by Gasteiger charge is -2.35. The van der Waals surface area contributed by atoms with E-state index in [0.29, 0.717) is 5.69 Å². The van der Waals surface area contributed by atoms with Crippen molar-refractivity contribution >= 4 is 17.0 Å². The van der Waals surface area contributed by atoms with Crippen LogP contribution in [0.15, 0.2) is 53.9 Å². The highest BCUT2D eigenvalue weighted by atomic mass is 32.1. The van der Waals surface area contributed by atoms with Crippen LogP contribution >= 0.6 is 11.3 Å². The molecule has 0 bridgehead atoms. The van der Waals surface area contributed by atoms with E-state index in [1.165, 1.54) is 6.07 Å². The second-order valence-corrected chi connectivity index (χ2v) is 7.45. The van der Waals surface area contributed by atoms with Crippen molar-refractivity contribution in [2.75, 3.05) is 38.2 Å². The van der Waals surface area contributed by atoms with Gasteiger partial charge in [0.25, 0.3) is 0 Å². The lowest BCUT2D eigenvalue weighted by molar-refractivity contribution is 0.247. The molecule has 0 aliphatic carbocycles. The Hall–Kier alpha value is -2.44. The summed E-state index contributed by atoms with van der Waals surface area (Å²) in [6.45, 7) is 4.29. The van der Waals surface area contributed by atoms with Crippen LogP contribution in [-0.4, -0.2) is 43.2 Å². The molecule has 3 aromatic rings. The van der Waals surface area contributed by atoms with E-state index in [0.717, 1.165) is 54.7 Å². The van der Waals surface area contributed by atoms with Crippen LogP contribution in [0.3, 0.4) is 0 Å². The number of ether oxygens (including phenoxy) is 1. The Morgan fingerprint density at radius 1 is 1.07 bits per heavy atom. The first-order valence-electron chi connectivity index (χ1n) is 9.03. The molecule has 4 rings (SSSR count). The average molecular weight is 383 g/mol. The standard InChI is InChI=1S/C21H22FN3OS/c1-26-18-6-4-5-16(13-18)21-23-17(15-27-21)14-24-9-11-25(12-10-24)20-8-3-2-7-19(20)22/h2-8,13,15H,9-12,14H2,1H3. The summed E-state index contributed by atoms with van der Waals surface area (Å²) in [5, 5.41) is 3.13. The van der Waals surface area contributed by atoms with E-state index in [9.17, 15) is 4.39 Å². The molecule has 140 valence electrons. The van der Waals surface area contributed by atoms with Crippen molar-refractivity contribution in [2.45, 2.75) is 6.54 Å². The molecule has 0 spiro atoms. The third-order valence-corrected chi connectivity index (χ3v) is 5.76. The van der Waals surface area contributed by atoms with Crippen molar-refractivity contribution in [3.8, 4) is 16.3 Å². The fraction of sp³-hybridized carbons (Fsp3) is 0.286. The highest BCUT2D eigenvalue weighted by Crippen LogP contribution is 2.27. The Bertz CT molecular complexity index is 906. The maximum absolute atomic E-state index is 14.0. The summed E-state index contributed by atoms with van der Waals surface area (Å²) in [6, 6.07) is 15.0. The van der Waals surface area contributed by atoms with Crippen LogP contribution < -0.4 is 9.64 Å². The number of piperazine rings is 1. The minimum atomic E-state index is -0.145. The number of aromatic nitrogens is 1. The molecule has 6 heteroatoms. The largest absolute Gasteiger partial charge is 0.497 e. The van der Waals surface area contributed by atoms with Gasteiger partial charge in [0.1, 0.15) is 16.6 Å². The second kappa shape index (κ2) is 8.06. The van der Waals surface area contributed by atoms with Crippen molar-refractivity contribution in [1.82, 2.24) is 9.88 Å². The molecule has 1 aliphatic rings. The highest BCUT2D eigenvalue weighted by Gasteiger charge is 2.20. The van der Waals surface area contributed by atoms with Gasteiger partial charge in [-0.1, -0.05) is 24.3 Å². The molecule has 1 aromatic heterocycles. The van der Waals surface area contributed by atoms with Crippen LogP contribution in [0.5, 0.6) is 5.75 Å². The van der Waals surface area contributed by atoms with Gasteiger partial charge in [0.15, 0.2) is 0 Å². The Labute approximate surface area is 162 Å². The predicted molar refractivity (Wildman–Crippen MR) is 108 cm³/mol. The van der Waals surface area contributed by atoms with Crippen LogP contribution in [0.2, 0.25) is 0 Å². The first-order valence-corrected chi connectivity index (χ1v) is 9.91. The number of halogens is 1. The summed E-state index contributed by atoms with van der Waals surface area (Å²) in [4.78, 5) is 9.29. The molecule has 0 atom stereocenters. The van der Waals surface area contributed by atoms with Gasteiger partial charge in [-0.2, -0.15) is 0 Å². The number of hydrogen-bond donors (Lipinski definition) is 0. The number of thiazole rings is 1. The zero-order valence-corrected chi connectivity index (χ0v) is 16.1. The van der Waals surface area contributed by atoms with Crippen LogP contribution in [-0.2, 0) is 6.54 Å². The monoisotopic (exact) mass is 383 g/mol.